The van der Waals surface area contributed by atoms with Crippen molar-refractivity contribution >= 4 is 11.9 Å². The van der Waals surface area contributed by atoms with Crippen LogP contribution in [0.2, 0.25) is 0 Å². The number of phenolic OH excluding ortho intramolecular Hbond substituents is 1. The molecule has 0 atom stereocenters. The predicted octanol–water partition coefficient (Wildman–Crippen LogP) is 2.77. The minimum atomic E-state index is -0.00292. The maximum absolute atomic E-state index is 10.3. The van der Waals surface area contributed by atoms with Crippen LogP contribution in [-0.2, 0) is 4.74 Å². The first-order chi connectivity index (χ1) is 11.5. The molecule has 0 radical (unpaired) electrons. The maximum atomic E-state index is 10.3. The highest BCUT2D eigenvalue weighted by molar-refractivity contribution is 5.84. The molecule has 1 heterocycles. The molecule has 0 saturated carbocycles. The Hall–Kier alpha value is -1.59. The molecule has 1 aliphatic rings. The normalized spacial score (nSPS) is 16.7. The Morgan fingerprint density at radius 3 is 2.50 bits per heavy atom. The number of morpholine rings is 1. The van der Waals surface area contributed by atoms with Crippen LogP contribution in [0.15, 0.2) is 23.2 Å². The number of nitrogens with zero attached hydrogens (tertiary/aromatic N) is 3. The second-order valence-corrected chi connectivity index (χ2v) is 6.80. The summed E-state index contributed by atoms with van der Waals surface area (Å²) in [5.74, 6) is 0.285. The molecule has 0 aromatic heterocycles. The van der Waals surface area contributed by atoms with Crippen molar-refractivity contribution in [2.75, 3.05) is 50.8 Å². The molecule has 5 nitrogen and oxygen atoms in total. The second kappa shape index (κ2) is 8.49. The third-order valence-electron chi connectivity index (χ3n) is 4.72. The van der Waals surface area contributed by atoms with Gasteiger partial charge in [-0.2, -0.15) is 0 Å². The molecule has 0 unspecified atom stereocenters. The van der Waals surface area contributed by atoms with E-state index < -0.39 is 0 Å². The second-order valence-electron chi connectivity index (χ2n) is 6.80. The van der Waals surface area contributed by atoms with Gasteiger partial charge in [-0.05, 0) is 39.8 Å². The van der Waals surface area contributed by atoms with Crippen molar-refractivity contribution in [3.05, 3.63) is 23.8 Å². The molecule has 1 aliphatic heterocycles. The largest absolute Gasteiger partial charge is 0.507 e. The van der Waals surface area contributed by atoms with Crippen LogP contribution < -0.4 is 4.90 Å². The quantitative estimate of drug-likeness (QED) is 0.780. The molecule has 134 valence electrons. The minimum Gasteiger partial charge on any atom is -0.507 e. The standard InChI is InChI=1S/C19H31N3O2/c1-5-21(6-2)17-8-7-16(18(23)13-17)14-20-15-19(3,4)22-9-11-24-12-10-22/h7-8,13-14,23H,5-6,9-12,15H2,1-4H3. The van der Waals surface area contributed by atoms with Gasteiger partial charge in [0.15, 0.2) is 0 Å². The van der Waals surface area contributed by atoms with E-state index in [-0.39, 0.29) is 11.3 Å². The molecule has 1 saturated heterocycles. The molecular formula is C19H31N3O2. The first-order valence-electron chi connectivity index (χ1n) is 8.88. The monoisotopic (exact) mass is 333 g/mol. The molecule has 1 N–H and O–H groups in total. The molecule has 5 heteroatoms. The van der Waals surface area contributed by atoms with Gasteiger partial charge in [0.05, 0.1) is 19.8 Å². The van der Waals surface area contributed by atoms with Crippen molar-refractivity contribution in [3.8, 4) is 5.75 Å². The summed E-state index contributed by atoms with van der Waals surface area (Å²) in [6, 6.07) is 5.80. The lowest BCUT2D eigenvalue weighted by Gasteiger charge is -2.39. The molecule has 0 amide bonds. The molecule has 24 heavy (non-hydrogen) atoms. The summed E-state index contributed by atoms with van der Waals surface area (Å²) in [6.07, 6.45) is 1.78. The highest BCUT2D eigenvalue weighted by Crippen LogP contribution is 2.24. The number of rotatable bonds is 7. The van der Waals surface area contributed by atoms with E-state index >= 15 is 0 Å². The Balaban J connectivity index is 2.00. The summed E-state index contributed by atoms with van der Waals surface area (Å²) < 4.78 is 5.42. The van der Waals surface area contributed by atoms with E-state index in [1.165, 1.54) is 0 Å². The first kappa shape index (κ1) is 18.7. The molecule has 0 spiro atoms. The highest BCUT2D eigenvalue weighted by atomic mass is 16.5. The highest BCUT2D eigenvalue weighted by Gasteiger charge is 2.27. The van der Waals surface area contributed by atoms with Crippen molar-refractivity contribution in [2.45, 2.75) is 33.2 Å². The summed E-state index contributed by atoms with van der Waals surface area (Å²) in [6.45, 7) is 14.7. The van der Waals surface area contributed by atoms with Crippen molar-refractivity contribution in [1.29, 1.82) is 0 Å². The van der Waals surface area contributed by atoms with Gasteiger partial charge in [-0.3, -0.25) is 9.89 Å². The molecule has 1 aromatic carbocycles. The van der Waals surface area contributed by atoms with Crippen LogP contribution in [0.1, 0.15) is 33.3 Å². The van der Waals surface area contributed by atoms with Gasteiger partial charge >= 0.3 is 0 Å². The van der Waals surface area contributed by atoms with Crippen LogP contribution in [0.3, 0.4) is 0 Å². The van der Waals surface area contributed by atoms with Crippen LogP contribution >= 0.6 is 0 Å². The van der Waals surface area contributed by atoms with Crippen molar-refractivity contribution < 1.29 is 9.84 Å². The van der Waals surface area contributed by atoms with E-state index in [1.807, 2.05) is 18.2 Å². The third-order valence-corrected chi connectivity index (χ3v) is 4.72. The van der Waals surface area contributed by atoms with Gasteiger partial charge in [0.25, 0.3) is 0 Å². The summed E-state index contributed by atoms with van der Waals surface area (Å²) in [4.78, 5) is 9.21. The van der Waals surface area contributed by atoms with Gasteiger partial charge in [-0.15, -0.1) is 0 Å². The zero-order valence-corrected chi connectivity index (χ0v) is 15.5. The lowest BCUT2D eigenvalue weighted by atomic mass is 10.0. The van der Waals surface area contributed by atoms with E-state index in [1.54, 1.807) is 6.21 Å². The number of benzene rings is 1. The summed E-state index contributed by atoms with van der Waals surface area (Å²) >= 11 is 0. The summed E-state index contributed by atoms with van der Waals surface area (Å²) in [7, 11) is 0. The summed E-state index contributed by atoms with van der Waals surface area (Å²) in [5.41, 5.74) is 1.81. The van der Waals surface area contributed by atoms with Gasteiger partial charge in [0.1, 0.15) is 5.75 Å². The molecule has 1 fully saturated rings. The van der Waals surface area contributed by atoms with Crippen LogP contribution in [0.5, 0.6) is 5.75 Å². The van der Waals surface area contributed by atoms with Crippen LogP contribution in [0.25, 0.3) is 0 Å². The minimum absolute atomic E-state index is 0.00292. The van der Waals surface area contributed by atoms with Crippen LogP contribution in [0.4, 0.5) is 5.69 Å². The number of ether oxygens (including phenoxy) is 1. The Bertz CT molecular complexity index is 548. The molecule has 1 aromatic rings. The van der Waals surface area contributed by atoms with Crippen molar-refractivity contribution in [2.24, 2.45) is 4.99 Å². The summed E-state index contributed by atoms with van der Waals surface area (Å²) in [5, 5.41) is 10.3. The Labute approximate surface area is 145 Å². The van der Waals surface area contributed by atoms with E-state index in [0.717, 1.165) is 50.6 Å². The van der Waals surface area contributed by atoms with Crippen molar-refractivity contribution in [3.63, 3.8) is 0 Å². The number of anilines is 1. The smallest absolute Gasteiger partial charge is 0.126 e. The van der Waals surface area contributed by atoms with Crippen molar-refractivity contribution in [1.82, 2.24) is 4.90 Å². The SMILES string of the molecule is CCN(CC)c1ccc(C=NCC(C)(C)N2CCOCC2)c(O)c1. The number of phenols is 1. The lowest BCUT2D eigenvalue weighted by Crippen LogP contribution is -2.51. The molecule has 2 rings (SSSR count). The fourth-order valence-electron chi connectivity index (χ4n) is 3.06. The fraction of sp³-hybridized carbons (Fsp3) is 0.632. The maximum Gasteiger partial charge on any atom is 0.126 e. The average molecular weight is 333 g/mol. The fourth-order valence-corrected chi connectivity index (χ4v) is 3.06. The Morgan fingerprint density at radius 2 is 1.92 bits per heavy atom. The molecular weight excluding hydrogens is 302 g/mol. The topological polar surface area (TPSA) is 48.3 Å². The number of hydrogen-bond donors (Lipinski definition) is 1. The predicted molar refractivity (Wildman–Crippen MR) is 101 cm³/mol. The van der Waals surface area contributed by atoms with Gasteiger partial charge in [-0.1, -0.05) is 0 Å². The van der Waals surface area contributed by atoms with Gasteiger partial charge < -0.3 is 14.7 Å². The van der Waals surface area contributed by atoms with Crippen LogP contribution in [-0.4, -0.2) is 67.7 Å². The van der Waals surface area contributed by atoms with E-state index in [0.29, 0.717) is 6.54 Å². The first-order valence-corrected chi connectivity index (χ1v) is 8.88. The molecule has 0 bridgehead atoms. The number of hydrogen-bond acceptors (Lipinski definition) is 5. The number of aromatic hydroxyl groups is 1. The Morgan fingerprint density at radius 1 is 1.25 bits per heavy atom. The Kier molecular flexibility index (Phi) is 6.63. The average Bonchev–Trinajstić information content (AvgIpc) is 2.58. The van der Waals surface area contributed by atoms with Gasteiger partial charge in [-0.25, -0.2) is 0 Å². The van der Waals surface area contributed by atoms with Gasteiger partial charge in [0.2, 0.25) is 0 Å². The zero-order chi connectivity index (χ0) is 17.6. The van der Waals surface area contributed by atoms with E-state index in [9.17, 15) is 5.11 Å². The molecule has 0 aliphatic carbocycles. The zero-order valence-electron chi connectivity index (χ0n) is 15.5. The third kappa shape index (κ3) is 4.71. The van der Waals surface area contributed by atoms with E-state index in [4.69, 9.17) is 4.74 Å². The van der Waals surface area contributed by atoms with E-state index in [2.05, 4.69) is 42.5 Å². The van der Waals surface area contributed by atoms with Gasteiger partial charge in [0, 0.05) is 55.2 Å². The van der Waals surface area contributed by atoms with Crippen LogP contribution in [0, 0.1) is 0 Å². The number of aliphatic imine (C=N–C) groups is 1. The lowest BCUT2D eigenvalue weighted by molar-refractivity contribution is -0.00676.